The van der Waals surface area contributed by atoms with Gasteiger partial charge in [0.05, 0.1) is 16.4 Å². The Hall–Kier alpha value is -2.51. The molecule has 6 nitrogen and oxygen atoms in total. The highest BCUT2D eigenvalue weighted by Gasteiger charge is 2.12. The van der Waals surface area contributed by atoms with Gasteiger partial charge in [-0.2, -0.15) is 5.10 Å². The summed E-state index contributed by atoms with van der Waals surface area (Å²) in [6.07, 6.45) is 0. The molecule has 0 aliphatic heterocycles. The smallest absolute Gasteiger partial charge is 0.267 e. The lowest BCUT2D eigenvalue weighted by molar-refractivity contribution is -0.117. The van der Waals surface area contributed by atoms with Crippen molar-refractivity contribution >= 4 is 34.0 Å². The quantitative estimate of drug-likeness (QED) is 0.760. The van der Waals surface area contributed by atoms with Crippen LogP contribution in [0, 0.1) is 13.8 Å². The Kier molecular flexibility index (Phi) is 4.96. The third-order valence-corrected chi connectivity index (χ3v) is 4.90. The van der Waals surface area contributed by atoms with Crippen molar-refractivity contribution in [3.8, 4) is 11.3 Å². The van der Waals surface area contributed by atoms with Gasteiger partial charge in [-0.15, -0.1) is 11.3 Å². The average Bonchev–Trinajstić information content (AvgIpc) is 2.87. The first-order valence-corrected chi connectivity index (χ1v) is 8.70. The fraction of sp³-hybridized carbons (Fsp3) is 0.176. The summed E-state index contributed by atoms with van der Waals surface area (Å²) in [4.78, 5) is 29.5. The van der Waals surface area contributed by atoms with Crippen LogP contribution in [0.2, 0.25) is 5.02 Å². The summed E-state index contributed by atoms with van der Waals surface area (Å²) in [6, 6.07) is 10.2. The van der Waals surface area contributed by atoms with Gasteiger partial charge in [-0.05, 0) is 26.0 Å². The van der Waals surface area contributed by atoms with E-state index in [-0.39, 0.29) is 18.0 Å². The zero-order valence-electron chi connectivity index (χ0n) is 13.6. The second-order valence-electron chi connectivity index (χ2n) is 5.40. The molecule has 0 fully saturated rings. The van der Waals surface area contributed by atoms with Crippen molar-refractivity contribution in [1.82, 2.24) is 14.8 Å². The monoisotopic (exact) mass is 374 g/mol. The second kappa shape index (κ2) is 7.16. The largest absolute Gasteiger partial charge is 0.300 e. The van der Waals surface area contributed by atoms with Gasteiger partial charge in [0, 0.05) is 16.5 Å². The number of hydrogen-bond donors (Lipinski definition) is 1. The van der Waals surface area contributed by atoms with Gasteiger partial charge >= 0.3 is 0 Å². The van der Waals surface area contributed by atoms with Crippen molar-refractivity contribution in [3.05, 3.63) is 62.3 Å². The number of benzene rings is 1. The molecule has 0 saturated heterocycles. The van der Waals surface area contributed by atoms with E-state index >= 15 is 0 Å². The highest BCUT2D eigenvalue weighted by molar-refractivity contribution is 7.15. The first kappa shape index (κ1) is 17.3. The lowest BCUT2D eigenvalue weighted by atomic mass is 10.1. The van der Waals surface area contributed by atoms with E-state index in [0.29, 0.717) is 21.4 Å². The Labute approximate surface area is 153 Å². The number of nitrogens with one attached hydrogen (secondary N) is 1. The van der Waals surface area contributed by atoms with Crippen LogP contribution in [-0.4, -0.2) is 20.7 Å². The summed E-state index contributed by atoms with van der Waals surface area (Å²) in [5.41, 5.74) is 1.73. The molecule has 1 amide bonds. The fourth-order valence-corrected chi connectivity index (χ4v) is 3.26. The van der Waals surface area contributed by atoms with Gasteiger partial charge in [0.15, 0.2) is 5.13 Å². The fourth-order valence-electron chi connectivity index (χ4n) is 2.20. The zero-order chi connectivity index (χ0) is 18.0. The molecule has 2 heterocycles. The minimum Gasteiger partial charge on any atom is -0.300 e. The Bertz CT molecular complexity index is 977. The molecule has 8 heteroatoms. The van der Waals surface area contributed by atoms with Crippen LogP contribution in [0.25, 0.3) is 11.3 Å². The molecule has 0 saturated carbocycles. The maximum Gasteiger partial charge on any atom is 0.267 e. The number of halogens is 1. The van der Waals surface area contributed by atoms with Gasteiger partial charge in [0.2, 0.25) is 5.91 Å². The van der Waals surface area contributed by atoms with Crippen molar-refractivity contribution in [3.63, 3.8) is 0 Å². The van der Waals surface area contributed by atoms with Gasteiger partial charge in [0.1, 0.15) is 6.54 Å². The van der Waals surface area contributed by atoms with Crippen molar-refractivity contribution in [2.24, 2.45) is 0 Å². The van der Waals surface area contributed by atoms with E-state index in [1.807, 2.05) is 26.0 Å². The second-order valence-corrected chi connectivity index (χ2v) is 7.01. The highest BCUT2D eigenvalue weighted by Crippen LogP contribution is 2.25. The molecular formula is C17H15ClN4O2S. The van der Waals surface area contributed by atoms with E-state index in [9.17, 15) is 9.59 Å². The van der Waals surface area contributed by atoms with E-state index in [1.165, 1.54) is 17.4 Å². The summed E-state index contributed by atoms with van der Waals surface area (Å²) >= 11 is 7.56. The predicted molar refractivity (Wildman–Crippen MR) is 99.2 cm³/mol. The maximum atomic E-state index is 12.2. The minimum atomic E-state index is -0.363. The summed E-state index contributed by atoms with van der Waals surface area (Å²) in [7, 11) is 0. The molecule has 128 valence electrons. The van der Waals surface area contributed by atoms with Crippen molar-refractivity contribution in [2.75, 3.05) is 5.32 Å². The molecule has 2 aromatic heterocycles. The van der Waals surface area contributed by atoms with Gasteiger partial charge in [0.25, 0.3) is 5.56 Å². The first-order valence-electron chi connectivity index (χ1n) is 7.51. The summed E-state index contributed by atoms with van der Waals surface area (Å²) < 4.78 is 1.11. The lowest BCUT2D eigenvalue weighted by Gasteiger charge is -2.08. The number of anilines is 1. The normalized spacial score (nSPS) is 10.7. The van der Waals surface area contributed by atoms with Gasteiger partial charge in [-0.3, -0.25) is 9.59 Å². The number of aryl methyl sites for hydroxylation is 2. The summed E-state index contributed by atoms with van der Waals surface area (Å²) in [5.74, 6) is -0.361. The Balaban J connectivity index is 1.82. The molecule has 25 heavy (non-hydrogen) atoms. The number of thiazole rings is 1. The minimum absolute atomic E-state index is 0.200. The molecular weight excluding hydrogens is 360 g/mol. The topological polar surface area (TPSA) is 76.9 Å². The molecule has 1 aromatic carbocycles. The van der Waals surface area contributed by atoms with Crippen molar-refractivity contribution in [1.29, 1.82) is 0 Å². The molecule has 0 spiro atoms. The standard InChI is InChI=1S/C17H15ClN4O2S/c1-10-11(2)25-17(19-10)20-15(23)9-22-16(24)8-7-14(21-22)12-5-3-4-6-13(12)18/h3-8H,9H2,1-2H3,(H,19,20,23). The highest BCUT2D eigenvalue weighted by atomic mass is 35.5. The van der Waals surface area contributed by atoms with E-state index in [2.05, 4.69) is 15.4 Å². The number of hydrogen-bond acceptors (Lipinski definition) is 5. The predicted octanol–water partition coefficient (Wildman–Crippen LogP) is 3.28. The van der Waals surface area contributed by atoms with E-state index in [4.69, 9.17) is 11.6 Å². The molecule has 0 bridgehead atoms. The molecule has 0 aliphatic carbocycles. The molecule has 3 rings (SSSR count). The maximum absolute atomic E-state index is 12.2. The Morgan fingerprint density at radius 2 is 2.00 bits per heavy atom. The van der Waals surface area contributed by atoms with Crippen molar-refractivity contribution in [2.45, 2.75) is 20.4 Å². The summed E-state index contributed by atoms with van der Waals surface area (Å²) in [6.45, 7) is 3.61. The van der Waals surface area contributed by atoms with Crippen LogP contribution in [0.3, 0.4) is 0 Å². The molecule has 0 aliphatic rings. The van der Waals surface area contributed by atoms with Crippen LogP contribution in [0.5, 0.6) is 0 Å². The molecule has 0 radical (unpaired) electrons. The number of rotatable bonds is 4. The third-order valence-electron chi connectivity index (χ3n) is 3.58. The summed E-state index contributed by atoms with van der Waals surface area (Å²) in [5, 5.41) is 7.98. The van der Waals surface area contributed by atoms with Crippen LogP contribution in [0.15, 0.2) is 41.2 Å². The number of aromatic nitrogens is 3. The average molecular weight is 375 g/mol. The zero-order valence-corrected chi connectivity index (χ0v) is 15.2. The van der Waals surface area contributed by atoms with Crippen LogP contribution in [0.4, 0.5) is 5.13 Å². The Morgan fingerprint density at radius 1 is 1.24 bits per heavy atom. The van der Waals surface area contributed by atoms with Crippen molar-refractivity contribution < 1.29 is 4.79 Å². The van der Waals surface area contributed by atoms with Gasteiger partial charge < -0.3 is 5.32 Å². The van der Waals surface area contributed by atoms with Crippen LogP contribution < -0.4 is 10.9 Å². The lowest BCUT2D eigenvalue weighted by Crippen LogP contribution is -2.29. The van der Waals surface area contributed by atoms with Crippen LogP contribution in [0.1, 0.15) is 10.6 Å². The molecule has 1 N–H and O–H groups in total. The van der Waals surface area contributed by atoms with E-state index < -0.39 is 0 Å². The van der Waals surface area contributed by atoms with E-state index in [0.717, 1.165) is 15.3 Å². The number of carbonyl (C=O) groups excluding carboxylic acids is 1. The third kappa shape index (κ3) is 3.94. The molecule has 0 atom stereocenters. The first-order chi connectivity index (χ1) is 11.9. The SMILES string of the molecule is Cc1nc(NC(=O)Cn2nc(-c3ccccc3Cl)ccc2=O)sc1C. The van der Waals surface area contributed by atoms with E-state index in [1.54, 1.807) is 18.2 Å². The Morgan fingerprint density at radius 3 is 2.68 bits per heavy atom. The number of carbonyl (C=O) groups is 1. The number of nitrogens with zero attached hydrogens (tertiary/aromatic N) is 3. The van der Waals surface area contributed by atoms with Gasteiger partial charge in [-0.1, -0.05) is 29.8 Å². The van der Waals surface area contributed by atoms with Crippen LogP contribution >= 0.6 is 22.9 Å². The number of amides is 1. The molecule has 0 unspecified atom stereocenters. The van der Waals surface area contributed by atoms with Crippen LogP contribution in [-0.2, 0) is 11.3 Å². The molecule has 3 aromatic rings. The van der Waals surface area contributed by atoms with Gasteiger partial charge in [-0.25, -0.2) is 9.67 Å².